The van der Waals surface area contributed by atoms with Crippen LogP contribution >= 0.6 is 11.6 Å². The van der Waals surface area contributed by atoms with E-state index in [4.69, 9.17) is 11.6 Å². The molecule has 2 aliphatic rings. The van der Waals surface area contributed by atoms with Crippen LogP contribution in [0.1, 0.15) is 47.5 Å². The number of carbonyl (C=O) groups excluding carboxylic acids is 2. The molecule has 0 spiro atoms. The van der Waals surface area contributed by atoms with Crippen LogP contribution in [-0.4, -0.2) is 41.3 Å². The molecule has 0 atom stereocenters. The van der Waals surface area contributed by atoms with E-state index in [0.717, 1.165) is 24.8 Å². The first-order chi connectivity index (χ1) is 14.6. The zero-order valence-corrected chi connectivity index (χ0v) is 17.5. The normalized spacial score (nSPS) is 17.8. The first-order valence-electron chi connectivity index (χ1n) is 10.6. The van der Waals surface area contributed by atoms with Gasteiger partial charge in [-0.3, -0.25) is 9.59 Å². The molecule has 154 valence electrons. The quantitative estimate of drug-likeness (QED) is 0.649. The Hall–Kier alpha value is -2.79. The SMILES string of the molecule is O=C(c1ccc(Cl)cc1N1CCCC1=O)N1CCC(c2c[nH]c3ccccc23)CC1. The van der Waals surface area contributed by atoms with Crippen LogP contribution < -0.4 is 4.90 Å². The highest BCUT2D eigenvalue weighted by molar-refractivity contribution is 6.31. The first-order valence-corrected chi connectivity index (χ1v) is 10.9. The van der Waals surface area contributed by atoms with Crippen molar-refractivity contribution in [3.63, 3.8) is 0 Å². The van der Waals surface area contributed by atoms with Crippen LogP contribution in [0.25, 0.3) is 10.9 Å². The molecule has 3 aromatic rings. The van der Waals surface area contributed by atoms with Gasteiger partial charge in [0.2, 0.25) is 5.91 Å². The molecule has 6 heteroatoms. The lowest BCUT2D eigenvalue weighted by Gasteiger charge is -2.33. The Morgan fingerprint density at radius 3 is 2.63 bits per heavy atom. The summed E-state index contributed by atoms with van der Waals surface area (Å²) in [4.78, 5) is 32.6. The maximum Gasteiger partial charge on any atom is 0.255 e. The van der Waals surface area contributed by atoms with Crippen molar-refractivity contribution < 1.29 is 9.59 Å². The van der Waals surface area contributed by atoms with Gasteiger partial charge in [-0.25, -0.2) is 0 Å². The van der Waals surface area contributed by atoms with Gasteiger partial charge >= 0.3 is 0 Å². The number of likely N-dealkylation sites (tertiary alicyclic amines) is 1. The number of benzene rings is 2. The van der Waals surface area contributed by atoms with Crippen molar-refractivity contribution >= 4 is 40.0 Å². The summed E-state index contributed by atoms with van der Waals surface area (Å²) in [6, 6.07) is 13.6. The Kier molecular flexibility index (Phi) is 4.99. The van der Waals surface area contributed by atoms with Crippen molar-refractivity contribution in [1.82, 2.24) is 9.88 Å². The molecule has 2 aromatic carbocycles. The second-order valence-corrected chi connectivity index (χ2v) is 8.60. The van der Waals surface area contributed by atoms with Gasteiger partial charge in [0.15, 0.2) is 0 Å². The maximum absolute atomic E-state index is 13.3. The van der Waals surface area contributed by atoms with E-state index < -0.39 is 0 Å². The maximum atomic E-state index is 13.3. The lowest BCUT2D eigenvalue weighted by molar-refractivity contribution is -0.117. The highest BCUT2D eigenvalue weighted by Crippen LogP contribution is 2.35. The minimum Gasteiger partial charge on any atom is -0.361 e. The van der Waals surface area contributed by atoms with E-state index in [9.17, 15) is 9.59 Å². The van der Waals surface area contributed by atoms with Gasteiger partial charge in [-0.2, -0.15) is 0 Å². The van der Waals surface area contributed by atoms with Crippen LogP contribution in [0, 0.1) is 0 Å². The number of hydrogen-bond acceptors (Lipinski definition) is 2. The number of hydrogen-bond donors (Lipinski definition) is 1. The molecule has 0 unspecified atom stereocenters. The fourth-order valence-corrected chi connectivity index (χ4v) is 4.97. The standard InChI is InChI=1S/C24H24ClN3O2/c25-17-7-8-19(22(14-17)28-11-3-6-23(28)29)24(30)27-12-9-16(10-13-27)20-15-26-21-5-2-1-4-18(20)21/h1-2,4-5,7-8,14-16,26H,3,6,9-13H2. The summed E-state index contributed by atoms with van der Waals surface area (Å²) in [5.74, 6) is 0.484. The van der Waals surface area contributed by atoms with Gasteiger partial charge in [-0.05, 0) is 55.0 Å². The number of halogens is 1. The average molecular weight is 422 g/mol. The van der Waals surface area contributed by atoms with Crippen molar-refractivity contribution in [2.45, 2.75) is 31.6 Å². The Balaban J connectivity index is 1.34. The van der Waals surface area contributed by atoms with E-state index in [2.05, 4.69) is 29.4 Å². The van der Waals surface area contributed by atoms with Gasteiger partial charge in [0.25, 0.3) is 5.91 Å². The molecule has 5 rings (SSSR count). The molecule has 0 aliphatic carbocycles. The summed E-state index contributed by atoms with van der Waals surface area (Å²) >= 11 is 6.19. The number of anilines is 1. The minimum absolute atomic E-state index is 0.0151. The second-order valence-electron chi connectivity index (χ2n) is 8.17. The summed E-state index contributed by atoms with van der Waals surface area (Å²) in [6.07, 6.45) is 5.31. The molecule has 0 radical (unpaired) electrons. The molecular formula is C24H24ClN3O2. The first kappa shape index (κ1) is 19.2. The van der Waals surface area contributed by atoms with Gasteiger partial charge in [-0.15, -0.1) is 0 Å². The molecule has 2 aliphatic heterocycles. The number of amides is 2. The molecule has 2 fully saturated rings. The highest BCUT2D eigenvalue weighted by atomic mass is 35.5. The lowest BCUT2D eigenvalue weighted by atomic mass is 9.89. The summed E-state index contributed by atoms with van der Waals surface area (Å²) < 4.78 is 0. The molecule has 1 N–H and O–H groups in total. The number of para-hydroxylation sites is 1. The summed E-state index contributed by atoms with van der Waals surface area (Å²) in [5.41, 5.74) is 3.72. The van der Waals surface area contributed by atoms with Crippen LogP contribution in [0.2, 0.25) is 5.02 Å². The Labute approximate surface area is 180 Å². The lowest BCUT2D eigenvalue weighted by Crippen LogP contribution is -2.39. The number of rotatable bonds is 3. The third kappa shape index (κ3) is 3.37. The average Bonchev–Trinajstić information content (AvgIpc) is 3.39. The van der Waals surface area contributed by atoms with Crippen LogP contribution in [0.4, 0.5) is 5.69 Å². The van der Waals surface area contributed by atoms with Crippen molar-refractivity contribution in [1.29, 1.82) is 0 Å². The molecule has 1 aromatic heterocycles. The number of fused-ring (bicyclic) bond motifs is 1. The smallest absolute Gasteiger partial charge is 0.255 e. The highest BCUT2D eigenvalue weighted by Gasteiger charge is 2.30. The van der Waals surface area contributed by atoms with E-state index in [0.29, 0.717) is 48.2 Å². The number of nitrogens with zero attached hydrogens (tertiary/aromatic N) is 2. The van der Waals surface area contributed by atoms with E-state index in [1.165, 1.54) is 10.9 Å². The van der Waals surface area contributed by atoms with Crippen LogP contribution in [0.5, 0.6) is 0 Å². The number of aromatic nitrogens is 1. The van der Waals surface area contributed by atoms with Crippen LogP contribution in [0.15, 0.2) is 48.7 Å². The number of aromatic amines is 1. The van der Waals surface area contributed by atoms with E-state index in [1.807, 2.05) is 11.0 Å². The summed E-state index contributed by atoms with van der Waals surface area (Å²) in [6.45, 7) is 2.06. The number of nitrogens with one attached hydrogen (secondary N) is 1. The zero-order chi connectivity index (χ0) is 20.7. The largest absolute Gasteiger partial charge is 0.361 e. The molecular weight excluding hydrogens is 398 g/mol. The van der Waals surface area contributed by atoms with Gasteiger partial charge in [0.1, 0.15) is 0 Å². The van der Waals surface area contributed by atoms with Gasteiger partial charge in [-0.1, -0.05) is 29.8 Å². The van der Waals surface area contributed by atoms with Gasteiger partial charge in [0.05, 0.1) is 11.3 Å². The molecule has 30 heavy (non-hydrogen) atoms. The molecule has 0 bridgehead atoms. The fourth-order valence-electron chi connectivity index (χ4n) is 4.81. The number of piperidine rings is 1. The third-order valence-corrected chi connectivity index (χ3v) is 6.63. The van der Waals surface area contributed by atoms with Crippen molar-refractivity contribution in [2.24, 2.45) is 0 Å². The van der Waals surface area contributed by atoms with Crippen LogP contribution in [-0.2, 0) is 4.79 Å². The predicted molar refractivity (Wildman–Crippen MR) is 119 cm³/mol. The Bertz CT molecular complexity index is 1110. The van der Waals surface area contributed by atoms with E-state index in [1.54, 1.807) is 23.1 Å². The third-order valence-electron chi connectivity index (χ3n) is 6.40. The molecule has 2 saturated heterocycles. The summed E-state index contributed by atoms with van der Waals surface area (Å²) in [7, 11) is 0. The molecule has 3 heterocycles. The number of H-pyrrole nitrogens is 1. The second kappa shape index (κ2) is 7.80. The number of carbonyl (C=O) groups is 2. The van der Waals surface area contributed by atoms with E-state index in [-0.39, 0.29) is 11.8 Å². The molecule has 0 saturated carbocycles. The Morgan fingerprint density at radius 2 is 1.87 bits per heavy atom. The molecule has 5 nitrogen and oxygen atoms in total. The van der Waals surface area contributed by atoms with Gasteiger partial charge < -0.3 is 14.8 Å². The zero-order valence-electron chi connectivity index (χ0n) is 16.7. The Morgan fingerprint density at radius 1 is 1.07 bits per heavy atom. The van der Waals surface area contributed by atoms with Crippen molar-refractivity contribution in [2.75, 3.05) is 24.5 Å². The minimum atomic E-state index is -0.0151. The summed E-state index contributed by atoms with van der Waals surface area (Å²) in [5, 5.41) is 1.81. The fraction of sp³-hybridized carbons (Fsp3) is 0.333. The van der Waals surface area contributed by atoms with Crippen molar-refractivity contribution in [3.05, 3.63) is 64.8 Å². The van der Waals surface area contributed by atoms with Crippen molar-refractivity contribution in [3.8, 4) is 0 Å². The molecule has 2 amide bonds. The van der Waals surface area contributed by atoms with E-state index >= 15 is 0 Å². The monoisotopic (exact) mass is 421 g/mol. The predicted octanol–water partition coefficient (Wildman–Crippen LogP) is 4.97. The van der Waals surface area contributed by atoms with Gasteiger partial charge in [0, 0.05) is 48.2 Å². The van der Waals surface area contributed by atoms with Crippen LogP contribution in [0.3, 0.4) is 0 Å². The topological polar surface area (TPSA) is 56.4 Å².